The summed E-state index contributed by atoms with van der Waals surface area (Å²) in [5.41, 5.74) is 0.890. The molecule has 0 heterocycles. The Morgan fingerprint density at radius 2 is 1.85 bits per heavy atom. The Labute approximate surface area is 151 Å². The SMILES string of the molecule is CCOc1ccc(CN(C)C(=O)c2cccc(OC)c2OC(F)F)cc1. The van der Waals surface area contributed by atoms with Crippen molar-refractivity contribution < 1.29 is 27.8 Å². The van der Waals surface area contributed by atoms with E-state index in [1.807, 2.05) is 31.2 Å². The van der Waals surface area contributed by atoms with E-state index in [1.165, 1.54) is 24.1 Å². The second-order valence-corrected chi connectivity index (χ2v) is 5.45. The lowest BCUT2D eigenvalue weighted by Gasteiger charge is -2.20. The zero-order valence-electron chi connectivity index (χ0n) is 14.9. The second-order valence-electron chi connectivity index (χ2n) is 5.45. The smallest absolute Gasteiger partial charge is 0.387 e. The Bertz CT molecular complexity index is 735. The predicted octanol–water partition coefficient (Wildman–Crippen LogP) is 3.97. The van der Waals surface area contributed by atoms with E-state index in [0.29, 0.717) is 13.2 Å². The van der Waals surface area contributed by atoms with Crippen molar-refractivity contribution in [3.63, 3.8) is 0 Å². The molecular formula is C19H21F2NO4. The van der Waals surface area contributed by atoms with Crippen molar-refractivity contribution >= 4 is 5.91 Å². The lowest BCUT2D eigenvalue weighted by atomic mass is 10.1. The van der Waals surface area contributed by atoms with E-state index in [4.69, 9.17) is 9.47 Å². The van der Waals surface area contributed by atoms with Crippen molar-refractivity contribution in [3.05, 3.63) is 53.6 Å². The highest BCUT2D eigenvalue weighted by molar-refractivity contribution is 5.97. The first-order valence-electron chi connectivity index (χ1n) is 8.05. The molecule has 2 rings (SSSR count). The van der Waals surface area contributed by atoms with E-state index in [0.717, 1.165) is 11.3 Å². The molecule has 0 aliphatic rings. The van der Waals surface area contributed by atoms with E-state index < -0.39 is 12.5 Å². The molecule has 2 aromatic carbocycles. The molecule has 0 aliphatic carbocycles. The van der Waals surface area contributed by atoms with Gasteiger partial charge in [-0.3, -0.25) is 4.79 Å². The summed E-state index contributed by atoms with van der Waals surface area (Å²) >= 11 is 0. The Morgan fingerprint density at radius 3 is 2.42 bits per heavy atom. The van der Waals surface area contributed by atoms with Gasteiger partial charge in [-0.2, -0.15) is 8.78 Å². The maximum atomic E-state index is 12.7. The molecule has 0 saturated carbocycles. The number of carbonyl (C=O) groups excluding carboxylic acids is 1. The third kappa shape index (κ3) is 4.84. The minimum Gasteiger partial charge on any atom is -0.494 e. The zero-order valence-corrected chi connectivity index (χ0v) is 14.9. The third-order valence-electron chi connectivity index (χ3n) is 3.64. The van der Waals surface area contributed by atoms with Crippen LogP contribution in [-0.2, 0) is 6.54 Å². The molecule has 0 bridgehead atoms. The normalized spacial score (nSPS) is 10.5. The van der Waals surface area contributed by atoms with Crippen molar-refractivity contribution in [2.75, 3.05) is 20.8 Å². The molecule has 0 unspecified atom stereocenters. The summed E-state index contributed by atoms with van der Waals surface area (Å²) < 4.78 is 40.3. The number of hydrogen-bond donors (Lipinski definition) is 0. The van der Waals surface area contributed by atoms with E-state index in [-0.39, 0.29) is 17.1 Å². The lowest BCUT2D eigenvalue weighted by molar-refractivity contribution is -0.0516. The van der Waals surface area contributed by atoms with Crippen LogP contribution in [0.5, 0.6) is 17.2 Å². The number of nitrogens with zero attached hydrogens (tertiary/aromatic N) is 1. The first kappa shape index (κ1) is 19.5. The lowest BCUT2D eigenvalue weighted by Crippen LogP contribution is -2.27. The average Bonchev–Trinajstić information content (AvgIpc) is 2.62. The number of carbonyl (C=O) groups is 1. The van der Waals surface area contributed by atoms with E-state index in [2.05, 4.69) is 4.74 Å². The Morgan fingerprint density at radius 1 is 1.15 bits per heavy atom. The van der Waals surface area contributed by atoms with Crippen LogP contribution in [0.15, 0.2) is 42.5 Å². The van der Waals surface area contributed by atoms with Gasteiger partial charge >= 0.3 is 6.61 Å². The summed E-state index contributed by atoms with van der Waals surface area (Å²) in [5.74, 6) is 0.0956. The van der Waals surface area contributed by atoms with Crippen LogP contribution in [-0.4, -0.2) is 38.2 Å². The largest absolute Gasteiger partial charge is 0.494 e. The van der Waals surface area contributed by atoms with Gasteiger partial charge in [0.1, 0.15) is 5.75 Å². The monoisotopic (exact) mass is 365 g/mol. The topological polar surface area (TPSA) is 48.0 Å². The Hall–Kier alpha value is -2.83. The van der Waals surface area contributed by atoms with E-state index in [1.54, 1.807) is 13.1 Å². The number of ether oxygens (including phenoxy) is 3. The number of alkyl halides is 2. The number of halogens is 2. The van der Waals surface area contributed by atoms with Gasteiger partial charge in [0, 0.05) is 13.6 Å². The summed E-state index contributed by atoms with van der Waals surface area (Å²) in [7, 11) is 2.91. The molecule has 0 N–H and O–H groups in total. The average molecular weight is 365 g/mol. The van der Waals surface area contributed by atoms with Crippen LogP contribution in [0.2, 0.25) is 0 Å². The number of para-hydroxylation sites is 1. The van der Waals surface area contributed by atoms with Crippen LogP contribution in [0.25, 0.3) is 0 Å². The van der Waals surface area contributed by atoms with Crippen molar-refractivity contribution in [2.45, 2.75) is 20.1 Å². The Kier molecular flexibility index (Phi) is 6.77. The molecule has 0 fully saturated rings. The van der Waals surface area contributed by atoms with Gasteiger partial charge in [-0.25, -0.2) is 0 Å². The fourth-order valence-electron chi connectivity index (χ4n) is 2.46. The molecule has 26 heavy (non-hydrogen) atoms. The van der Waals surface area contributed by atoms with Gasteiger partial charge < -0.3 is 19.1 Å². The molecule has 0 saturated heterocycles. The molecule has 7 heteroatoms. The molecule has 140 valence electrons. The van der Waals surface area contributed by atoms with E-state index in [9.17, 15) is 13.6 Å². The molecule has 0 radical (unpaired) electrons. The van der Waals surface area contributed by atoms with Gasteiger partial charge in [-0.15, -0.1) is 0 Å². The highest BCUT2D eigenvalue weighted by atomic mass is 19.3. The third-order valence-corrected chi connectivity index (χ3v) is 3.64. The molecule has 5 nitrogen and oxygen atoms in total. The molecule has 0 aromatic heterocycles. The maximum Gasteiger partial charge on any atom is 0.387 e. The summed E-state index contributed by atoms with van der Waals surface area (Å²) in [5, 5.41) is 0. The highest BCUT2D eigenvalue weighted by Crippen LogP contribution is 2.33. The number of hydrogen-bond acceptors (Lipinski definition) is 4. The standard InChI is InChI=1S/C19H21F2NO4/c1-4-25-14-10-8-13(9-11-14)12-22(2)18(23)15-6-5-7-16(24-3)17(15)26-19(20)21/h5-11,19H,4,12H2,1-3H3. The van der Waals surface area contributed by atoms with Crippen LogP contribution in [0.4, 0.5) is 8.78 Å². The first-order chi connectivity index (χ1) is 12.5. The van der Waals surface area contributed by atoms with Crippen molar-refractivity contribution in [1.82, 2.24) is 4.90 Å². The van der Waals surface area contributed by atoms with Gasteiger partial charge in [0.2, 0.25) is 0 Å². The summed E-state index contributed by atoms with van der Waals surface area (Å²) in [6, 6.07) is 11.8. The number of benzene rings is 2. The molecule has 0 atom stereocenters. The maximum absolute atomic E-state index is 12.7. The van der Waals surface area contributed by atoms with Gasteiger partial charge in [-0.05, 0) is 36.8 Å². The van der Waals surface area contributed by atoms with Crippen LogP contribution in [0.1, 0.15) is 22.8 Å². The highest BCUT2D eigenvalue weighted by Gasteiger charge is 2.22. The molecule has 0 aliphatic heterocycles. The summed E-state index contributed by atoms with van der Waals surface area (Å²) in [6.45, 7) is -0.292. The van der Waals surface area contributed by atoms with Crippen molar-refractivity contribution in [2.24, 2.45) is 0 Å². The number of rotatable bonds is 8. The van der Waals surface area contributed by atoms with Crippen molar-refractivity contribution in [3.8, 4) is 17.2 Å². The zero-order chi connectivity index (χ0) is 19.1. The quantitative estimate of drug-likeness (QED) is 0.710. The van der Waals surface area contributed by atoms with Crippen LogP contribution >= 0.6 is 0 Å². The van der Waals surface area contributed by atoms with Gasteiger partial charge in [0.05, 0.1) is 19.3 Å². The summed E-state index contributed by atoms with van der Waals surface area (Å²) in [4.78, 5) is 14.1. The molecule has 2 aromatic rings. The number of amides is 1. The number of methoxy groups -OCH3 is 1. The van der Waals surface area contributed by atoms with Gasteiger partial charge in [-0.1, -0.05) is 18.2 Å². The van der Waals surface area contributed by atoms with Gasteiger partial charge in [0.25, 0.3) is 5.91 Å². The van der Waals surface area contributed by atoms with Crippen LogP contribution in [0, 0.1) is 0 Å². The molecule has 0 spiro atoms. The minimum absolute atomic E-state index is 0.0121. The molecular weight excluding hydrogens is 344 g/mol. The fourth-order valence-corrected chi connectivity index (χ4v) is 2.46. The first-order valence-corrected chi connectivity index (χ1v) is 8.05. The van der Waals surface area contributed by atoms with E-state index >= 15 is 0 Å². The van der Waals surface area contributed by atoms with Crippen LogP contribution < -0.4 is 14.2 Å². The minimum atomic E-state index is -3.06. The van der Waals surface area contributed by atoms with Gasteiger partial charge in [0.15, 0.2) is 11.5 Å². The van der Waals surface area contributed by atoms with Crippen molar-refractivity contribution in [1.29, 1.82) is 0 Å². The Balaban J connectivity index is 2.19. The predicted molar refractivity (Wildman–Crippen MR) is 93.0 cm³/mol. The molecule has 1 amide bonds. The second kappa shape index (κ2) is 9.03. The summed E-state index contributed by atoms with van der Waals surface area (Å²) in [6.07, 6.45) is 0. The van der Waals surface area contributed by atoms with Crippen LogP contribution in [0.3, 0.4) is 0 Å². The fraction of sp³-hybridized carbons (Fsp3) is 0.316.